The van der Waals surface area contributed by atoms with Crippen molar-refractivity contribution in [3.63, 3.8) is 0 Å². The van der Waals surface area contributed by atoms with E-state index in [0.717, 1.165) is 53.0 Å². The van der Waals surface area contributed by atoms with Crippen LogP contribution in [0.1, 0.15) is 47.0 Å². The summed E-state index contributed by atoms with van der Waals surface area (Å²) in [4.78, 5) is 14.4. The van der Waals surface area contributed by atoms with Crippen LogP contribution in [0.2, 0.25) is 0 Å². The van der Waals surface area contributed by atoms with E-state index in [1.165, 1.54) is 18.1 Å². The van der Waals surface area contributed by atoms with E-state index in [4.69, 9.17) is 20.2 Å². The lowest BCUT2D eigenvalue weighted by Gasteiger charge is -2.46. The molecule has 1 saturated heterocycles. The Kier molecular flexibility index (Phi) is 6.46. The maximum Gasteiger partial charge on any atom is 0.175 e. The highest BCUT2D eigenvalue weighted by molar-refractivity contribution is 7.99. The maximum absolute atomic E-state index is 6.15. The molecule has 1 aliphatic rings. The summed E-state index contributed by atoms with van der Waals surface area (Å²) in [6, 6.07) is 5.75. The van der Waals surface area contributed by atoms with Gasteiger partial charge in [0, 0.05) is 17.6 Å². The zero-order chi connectivity index (χ0) is 23.8. The number of nitrogen functional groups attached to an aromatic ring is 1. The summed E-state index contributed by atoms with van der Waals surface area (Å²) in [5, 5.41) is 4.59. The summed E-state index contributed by atoms with van der Waals surface area (Å²) in [5.41, 5.74) is 7.78. The van der Waals surface area contributed by atoms with Crippen LogP contribution in [0.3, 0.4) is 0 Å². The number of nitrogens with two attached hydrogens (primary N) is 1. The maximum atomic E-state index is 6.15. The molecule has 1 aromatic carbocycles. The van der Waals surface area contributed by atoms with Crippen LogP contribution >= 0.6 is 11.8 Å². The zero-order valence-corrected chi connectivity index (χ0v) is 21.1. The number of anilines is 1. The van der Waals surface area contributed by atoms with Gasteiger partial charge in [0.2, 0.25) is 0 Å². The van der Waals surface area contributed by atoms with Crippen LogP contribution in [0, 0.1) is 5.92 Å². The van der Waals surface area contributed by atoms with Gasteiger partial charge in [-0.15, -0.1) is 0 Å². The van der Waals surface area contributed by atoms with E-state index < -0.39 is 0 Å². The average molecular weight is 471 g/mol. The van der Waals surface area contributed by atoms with Crippen molar-refractivity contribution in [2.24, 2.45) is 5.92 Å². The minimum Gasteiger partial charge on any atom is -0.497 e. The van der Waals surface area contributed by atoms with Gasteiger partial charge >= 0.3 is 0 Å². The van der Waals surface area contributed by atoms with E-state index >= 15 is 0 Å². The summed E-state index contributed by atoms with van der Waals surface area (Å²) in [5.74, 6) is 2.51. The molecule has 0 unspecified atom stereocenters. The zero-order valence-electron chi connectivity index (χ0n) is 20.3. The van der Waals surface area contributed by atoms with Crippen molar-refractivity contribution < 1.29 is 9.47 Å². The fourth-order valence-electron chi connectivity index (χ4n) is 5.23. The Bertz CT molecular complexity index is 1130. The van der Waals surface area contributed by atoms with Crippen molar-refractivity contribution in [3.8, 4) is 11.5 Å². The van der Waals surface area contributed by atoms with Crippen LogP contribution in [-0.4, -0.2) is 44.8 Å². The second-order valence-corrected chi connectivity index (χ2v) is 11.1. The van der Waals surface area contributed by atoms with Crippen LogP contribution in [0.5, 0.6) is 11.5 Å². The molecule has 3 aromatic rings. The van der Waals surface area contributed by atoms with Gasteiger partial charge in [0.1, 0.15) is 17.8 Å². The number of fused-ring (bicyclic) bond motifs is 1. The molecule has 0 spiro atoms. The molecule has 3 heterocycles. The Morgan fingerprint density at radius 1 is 1.12 bits per heavy atom. The van der Waals surface area contributed by atoms with Crippen molar-refractivity contribution in [2.75, 3.05) is 20.0 Å². The smallest absolute Gasteiger partial charge is 0.175 e. The predicted octanol–water partition coefficient (Wildman–Crippen LogP) is 4.52. The second-order valence-electron chi connectivity index (χ2n) is 10.1. The number of piperidine rings is 1. The van der Waals surface area contributed by atoms with Gasteiger partial charge in [-0.05, 0) is 82.8 Å². The van der Waals surface area contributed by atoms with Gasteiger partial charge in [-0.2, -0.15) is 0 Å². The summed E-state index contributed by atoms with van der Waals surface area (Å²) in [6.07, 6.45) is 4.80. The van der Waals surface area contributed by atoms with E-state index in [1.807, 2.05) is 18.2 Å². The minimum atomic E-state index is 0.113. The highest BCUT2D eigenvalue weighted by Crippen LogP contribution is 2.40. The molecule has 178 valence electrons. The van der Waals surface area contributed by atoms with Gasteiger partial charge in [0.05, 0.1) is 19.1 Å². The third-order valence-electron chi connectivity index (χ3n) is 6.13. The Morgan fingerprint density at radius 2 is 1.85 bits per heavy atom. The fourth-order valence-corrected chi connectivity index (χ4v) is 6.27. The molecule has 1 fully saturated rings. The van der Waals surface area contributed by atoms with Gasteiger partial charge in [0.15, 0.2) is 22.1 Å². The lowest BCUT2D eigenvalue weighted by molar-refractivity contribution is 0.120. The molecule has 0 atom stereocenters. The lowest BCUT2D eigenvalue weighted by Crippen LogP contribution is -2.57. The molecule has 4 rings (SSSR count). The molecule has 8 nitrogen and oxygen atoms in total. The van der Waals surface area contributed by atoms with Gasteiger partial charge in [-0.25, -0.2) is 15.0 Å². The minimum absolute atomic E-state index is 0.113. The van der Waals surface area contributed by atoms with E-state index in [2.05, 4.69) is 47.5 Å². The topological polar surface area (TPSA) is 100 Å². The highest BCUT2D eigenvalue weighted by Gasteiger charge is 2.37. The van der Waals surface area contributed by atoms with Crippen molar-refractivity contribution in [2.45, 2.75) is 74.6 Å². The predicted molar refractivity (Wildman–Crippen MR) is 132 cm³/mol. The van der Waals surface area contributed by atoms with Gasteiger partial charge in [-0.1, -0.05) is 0 Å². The first-order chi connectivity index (χ1) is 15.6. The standard InChI is InChI=1S/C24H34N6O2S/c1-23(2)12-15(13-24(3,4)29-23)9-10-30-21-19(20(25)26-14-27-21)28-22(30)33-18-11-16(31-5)7-8-17(18)32-6/h7-8,11,14-15,29H,9-10,12-13H2,1-6H3,(H2,25,26,27). The van der Waals surface area contributed by atoms with Crippen molar-refractivity contribution in [1.29, 1.82) is 0 Å². The van der Waals surface area contributed by atoms with Crippen LogP contribution in [-0.2, 0) is 6.54 Å². The largest absolute Gasteiger partial charge is 0.497 e. The summed E-state index contributed by atoms with van der Waals surface area (Å²) in [6.45, 7) is 9.96. The lowest BCUT2D eigenvalue weighted by atomic mass is 9.75. The van der Waals surface area contributed by atoms with E-state index in [-0.39, 0.29) is 11.1 Å². The number of imidazole rings is 1. The summed E-state index contributed by atoms with van der Waals surface area (Å²) in [7, 11) is 3.32. The number of rotatable bonds is 7. The van der Waals surface area contributed by atoms with Crippen molar-refractivity contribution in [1.82, 2.24) is 24.8 Å². The van der Waals surface area contributed by atoms with Gasteiger partial charge in [0.25, 0.3) is 0 Å². The number of nitrogens with one attached hydrogen (secondary N) is 1. The number of nitrogens with zero attached hydrogens (tertiary/aromatic N) is 4. The molecule has 0 radical (unpaired) electrons. The number of aromatic nitrogens is 4. The Balaban J connectivity index is 1.67. The van der Waals surface area contributed by atoms with Gasteiger partial charge < -0.3 is 25.1 Å². The molecule has 1 aliphatic heterocycles. The fraction of sp³-hybridized carbons (Fsp3) is 0.542. The number of aryl methyl sites for hydroxylation is 1. The van der Waals surface area contributed by atoms with Crippen LogP contribution in [0.15, 0.2) is 34.6 Å². The quantitative estimate of drug-likeness (QED) is 0.520. The summed E-state index contributed by atoms with van der Waals surface area (Å²) < 4.78 is 13.2. The van der Waals surface area contributed by atoms with Crippen molar-refractivity contribution >= 4 is 28.7 Å². The Hall–Kier alpha value is -2.52. The molecule has 0 bridgehead atoms. The molecule has 33 heavy (non-hydrogen) atoms. The summed E-state index contributed by atoms with van der Waals surface area (Å²) >= 11 is 1.53. The van der Waals surface area contributed by atoms with Crippen LogP contribution in [0.25, 0.3) is 11.2 Å². The monoisotopic (exact) mass is 470 g/mol. The Labute approximate surface area is 199 Å². The highest BCUT2D eigenvalue weighted by atomic mass is 32.2. The number of methoxy groups -OCH3 is 2. The first-order valence-corrected chi connectivity index (χ1v) is 12.1. The van der Waals surface area contributed by atoms with E-state index in [1.54, 1.807) is 14.2 Å². The third-order valence-corrected chi connectivity index (χ3v) is 7.17. The first-order valence-electron chi connectivity index (χ1n) is 11.3. The molecular weight excluding hydrogens is 436 g/mol. The number of ether oxygens (including phenoxy) is 2. The SMILES string of the molecule is COc1ccc(OC)c(Sc2nc3c(N)ncnc3n2CCC2CC(C)(C)NC(C)(C)C2)c1. The molecule has 3 N–H and O–H groups in total. The molecule has 0 amide bonds. The third kappa shape index (κ3) is 5.19. The normalized spacial score (nSPS) is 17.9. The van der Waals surface area contributed by atoms with Crippen LogP contribution in [0.4, 0.5) is 5.82 Å². The molecule has 9 heteroatoms. The second kappa shape index (κ2) is 9.02. The molecule has 2 aromatic heterocycles. The Morgan fingerprint density at radius 3 is 2.52 bits per heavy atom. The van der Waals surface area contributed by atoms with Crippen LogP contribution < -0.4 is 20.5 Å². The number of hydrogen-bond donors (Lipinski definition) is 2. The molecular formula is C24H34N6O2S. The van der Waals surface area contributed by atoms with Crippen molar-refractivity contribution in [3.05, 3.63) is 24.5 Å². The van der Waals surface area contributed by atoms with Gasteiger partial charge in [-0.3, -0.25) is 0 Å². The van der Waals surface area contributed by atoms with E-state index in [9.17, 15) is 0 Å². The first kappa shape index (κ1) is 23.6. The molecule has 0 aliphatic carbocycles. The average Bonchev–Trinajstić information content (AvgIpc) is 3.08. The number of hydrogen-bond acceptors (Lipinski definition) is 8. The number of benzene rings is 1. The molecule has 0 saturated carbocycles. The van der Waals surface area contributed by atoms with E-state index in [0.29, 0.717) is 17.3 Å².